The van der Waals surface area contributed by atoms with Crippen molar-refractivity contribution in [1.82, 2.24) is 0 Å². The Labute approximate surface area is 54.0 Å². The second-order valence-electron chi connectivity index (χ2n) is 2.34. The monoisotopic (exact) mass is 120 g/mol. The minimum Gasteiger partial charge on any atom is -0.465 e. The van der Waals surface area contributed by atoms with Crippen molar-refractivity contribution in [2.75, 3.05) is 0 Å². The lowest BCUT2D eigenvalue weighted by molar-refractivity contribution is 0.496. The Morgan fingerprint density at radius 2 is 2.44 bits per heavy atom. The highest BCUT2D eigenvalue weighted by Gasteiger charge is 2.08. The quantitative estimate of drug-likeness (QED) is 0.511. The first kappa shape index (κ1) is 4.86. The van der Waals surface area contributed by atoms with E-state index in [1.165, 1.54) is 5.56 Å². The molecule has 9 heavy (non-hydrogen) atoms. The summed E-state index contributed by atoms with van der Waals surface area (Å²) in [5.74, 6) is 2.14. The number of hydrogen-bond acceptors (Lipinski definition) is 1. The Hall–Kier alpha value is -0.980. The van der Waals surface area contributed by atoms with Gasteiger partial charge >= 0.3 is 0 Å². The molecule has 1 aliphatic carbocycles. The third kappa shape index (κ3) is 0.611. The van der Waals surface area contributed by atoms with Gasteiger partial charge in [0.1, 0.15) is 11.5 Å². The van der Waals surface area contributed by atoms with Crippen LogP contribution in [0.25, 0.3) is 6.08 Å². The molecular formula is C8H8O. The van der Waals surface area contributed by atoms with Crippen LogP contribution in [0.5, 0.6) is 0 Å². The van der Waals surface area contributed by atoms with Gasteiger partial charge in [0.25, 0.3) is 0 Å². The molecule has 0 bridgehead atoms. The Kier molecular flexibility index (Phi) is 0.810. The number of rotatable bonds is 0. The minimum absolute atomic E-state index is 0.975. The molecule has 0 aromatic carbocycles. The summed E-state index contributed by atoms with van der Waals surface area (Å²) < 4.78 is 5.36. The molecule has 0 amide bonds. The van der Waals surface area contributed by atoms with Crippen LogP contribution in [0.1, 0.15) is 17.1 Å². The van der Waals surface area contributed by atoms with Crippen LogP contribution in [0.15, 0.2) is 16.6 Å². The molecule has 1 aliphatic rings. The third-order valence-corrected chi connectivity index (χ3v) is 1.57. The first-order chi connectivity index (χ1) is 4.36. The molecule has 0 atom stereocenters. The van der Waals surface area contributed by atoms with E-state index in [2.05, 4.69) is 18.2 Å². The van der Waals surface area contributed by atoms with Gasteiger partial charge in [-0.1, -0.05) is 12.2 Å². The molecule has 2 rings (SSSR count). The number of hydrogen-bond donors (Lipinski definition) is 0. The number of furan rings is 1. The third-order valence-electron chi connectivity index (χ3n) is 1.57. The molecule has 0 saturated carbocycles. The van der Waals surface area contributed by atoms with Crippen molar-refractivity contribution in [2.45, 2.75) is 13.3 Å². The summed E-state index contributed by atoms with van der Waals surface area (Å²) in [5.41, 5.74) is 1.26. The molecule has 1 aromatic rings. The zero-order chi connectivity index (χ0) is 6.27. The van der Waals surface area contributed by atoms with E-state index in [1.807, 2.05) is 6.92 Å². The molecule has 0 N–H and O–H groups in total. The zero-order valence-electron chi connectivity index (χ0n) is 5.35. The van der Waals surface area contributed by atoms with Gasteiger partial charge in [-0.15, -0.1) is 0 Å². The Morgan fingerprint density at radius 1 is 1.56 bits per heavy atom. The standard InChI is InChI=1S/C8H8O/c1-6-5-7-3-2-4-8(7)9-6/h2-3,5H,4H2,1H3. The van der Waals surface area contributed by atoms with E-state index in [0.29, 0.717) is 0 Å². The number of aryl methyl sites for hydroxylation is 1. The second-order valence-corrected chi connectivity index (χ2v) is 2.34. The minimum atomic E-state index is 0.975. The molecule has 0 spiro atoms. The van der Waals surface area contributed by atoms with E-state index in [4.69, 9.17) is 4.42 Å². The highest BCUT2D eigenvalue weighted by Crippen LogP contribution is 2.22. The van der Waals surface area contributed by atoms with Crippen molar-refractivity contribution in [3.8, 4) is 0 Å². The van der Waals surface area contributed by atoms with Crippen LogP contribution in [0.4, 0.5) is 0 Å². The van der Waals surface area contributed by atoms with Crippen LogP contribution in [-0.4, -0.2) is 0 Å². The molecule has 1 heteroatoms. The zero-order valence-corrected chi connectivity index (χ0v) is 5.35. The van der Waals surface area contributed by atoms with Crippen LogP contribution in [-0.2, 0) is 6.42 Å². The van der Waals surface area contributed by atoms with Crippen molar-refractivity contribution in [3.63, 3.8) is 0 Å². The Bertz CT molecular complexity index is 256. The highest BCUT2D eigenvalue weighted by molar-refractivity contribution is 5.57. The van der Waals surface area contributed by atoms with Crippen LogP contribution >= 0.6 is 0 Å². The molecule has 0 radical (unpaired) electrons. The van der Waals surface area contributed by atoms with Crippen LogP contribution < -0.4 is 0 Å². The van der Waals surface area contributed by atoms with E-state index in [0.717, 1.165) is 17.9 Å². The van der Waals surface area contributed by atoms with E-state index in [1.54, 1.807) is 0 Å². The summed E-state index contributed by atoms with van der Waals surface area (Å²) in [6.45, 7) is 1.98. The maximum Gasteiger partial charge on any atom is 0.115 e. The lowest BCUT2D eigenvalue weighted by Gasteiger charge is -1.82. The van der Waals surface area contributed by atoms with Crippen LogP contribution in [0.3, 0.4) is 0 Å². The average Bonchev–Trinajstić information content (AvgIpc) is 2.22. The predicted molar refractivity (Wildman–Crippen MR) is 36.2 cm³/mol. The van der Waals surface area contributed by atoms with Gasteiger partial charge in [0.05, 0.1) is 0 Å². The van der Waals surface area contributed by atoms with Crippen molar-refractivity contribution < 1.29 is 4.42 Å². The summed E-state index contributed by atoms with van der Waals surface area (Å²) in [6.07, 6.45) is 5.20. The molecule has 0 aliphatic heterocycles. The van der Waals surface area contributed by atoms with Gasteiger partial charge in [-0.2, -0.15) is 0 Å². The maximum atomic E-state index is 5.36. The van der Waals surface area contributed by atoms with E-state index in [9.17, 15) is 0 Å². The fourth-order valence-corrected chi connectivity index (χ4v) is 1.18. The largest absolute Gasteiger partial charge is 0.465 e. The first-order valence-corrected chi connectivity index (χ1v) is 3.12. The summed E-state index contributed by atoms with van der Waals surface area (Å²) in [7, 11) is 0. The smallest absolute Gasteiger partial charge is 0.115 e. The number of allylic oxidation sites excluding steroid dienone is 1. The predicted octanol–water partition coefficient (Wildman–Crippen LogP) is 2.16. The van der Waals surface area contributed by atoms with Gasteiger partial charge in [-0.05, 0) is 13.0 Å². The van der Waals surface area contributed by atoms with E-state index < -0.39 is 0 Å². The molecule has 46 valence electrons. The van der Waals surface area contributed by atoms with Gasteiger partial charge in [-0.3, -0.25) is 0 Å². The second kappa shape index (κ2) is 1.50. The molecule has 0 fully saturated rings. The van der Waals surface area contributed by atoms with Gasteiger partial charge < -0.3 is 4.42 Å². The van der Waals surface area contributed by atoms with Gasteiger partial charge in [0.2, 0.25) is 0 Å². The maximum absolute atomic E-state index is 5.36. The van der Waals surface area contributed by atoms with Gasteiger partial charge in [0.15, 0.2) is 0 Å². The summed E-state index contributed by atoms with van der Waals surface area (Å²) in [6, 6.07) is 2.07. The topological polar surface area (TPSA) is 13.1 Å². The van der Waals surface area contributed by atoms with Crippen molar-refractivity contribution in [1.29, 1.82) is 0 Å². The van der Waals surface area contributed by atoms with E-state index in [-0.39, 0.29) is 0 Å². The summed E-state index contributed by atoms with van der Waals surface area (Å²) >= 11 is 0. The molecule has 1 heterocycles. The van der Waals surface area contributed by atoms with Gasteiger partial charge in [-0.25, -0.2) is 0 Å². The van der Waals surface area contributed by atoms with Crippen molar-refractivity contribution in [3.05, 3.63) is 29.2 Å². The summed E-state index contributed by atoms with van der Waals surface area (Å²) in [5, 5.41) is 0. The van der Waals surface area contributed by atoms with Gasteiger partial charge in [0, 0.05) is 12.0 Å². The Morgan fingerprint density at radius 3 is 3.22 bits per heavy atom. The summed E-state index contributed by atoms with van der Waals surface area (Å²) in [4.78, 5) is 0. The fraction of sp³-hybridized carbons (Fsp3) is 0.250. The average molecular weight is 120 g/mol. The van der Waals surface area contributed by atoms with Crippen LogP contribution in [0.2, 0.25) is 0 Å². The van der Waals surface area contributed by atoms with E-state index >= 15 is 0 Å². The molecule has 0 unspecified atom stereocenters. The Balaban J connectivity index is 2.61. The molecule has 1 aromatic heterocycles. The first-order valence-electron chi connectivity index (χ1n) is 3.12. The van der Waals surface area contributed by atoms with Crippen LogP contribution in [0, 0.1) is 6.92 Å². The normalized spacial score (nSPS) is 14.3. The molecular weight excluding hydrogens is 112 g/mol. The highest BCUT2D eigenvalue weighted by atomic mass is 16.3. The lowest BCUT2D eigenvalue weighted by Crippen LogP contribution is -1.68. The number of fused-ring (bicyclic) bond motifs is 1. The fourth-order valence-electron chi connectivity index (χ4n) is 1.18. The SMILES string of the molecule is Cc1cc2c(o1)CC=C2. The molecule has 0 saturated heterocycles. The lowest BCUT2D eigenvalue weighted by atomic mass is 10.3. The molecule has 1 nitrogen and oxygen atoms in total. The van der Waals surface area contributed by atoms with Crippen molar-refractivity contribution >= 4 is 6.08 Å². The van der Waals surface area contributed by atoms with Crippen molar-refractivity contribution in [2.24, 2.45) is 0 Å².